The molecule has 1 aliphatic heterocycles. The maximum atomic E-state index is 11.6. The van der Waals surface area contributed by atoms with Gasteiger partial charge in [0, 0.05) is 23.7 Å². The molecular weight excluding hydrogens is 262 g/mol. The molecule has 1 saturated heterocycles. The molecule has 2 unspecified atom stereocenters. The van der Waals surface area contributed by atoms with Crippen molar-refractivity contribution in [1.82, 2.24) is 5.32 Å². The molecule has 0 aromatic rings. The van der Waals surface area contributed by atoms with Crippen molar-refractivity contribution in [3.05, 3.63) is 0 Å². The van der Waals surface area contributed by atoms with Crippen molar-refractivity contribution in [2.75, 3.05) is 19.8 Å². The molecule has 2 fully saturated rings. The van der Waals surface area contributed by atoms with Crippen LogP contribution in [0.25, 0.3) is 0 Å². The normalized spacial score (nSPS) is 33.2. The zero-order chi connectivity index (χ0) is 13.7. The summed E-state index contributed by atoms with van der Waals surface area (Å²) in [6.07, 6.45) is 5.92. The van der Waals surface area contributed by atoms with E-state index in [1.54, 1.807) is 0 Å². The number of ether oxygens (including phenoxy) is 1. The Bertz CT molecular complexity index is 303. The Balaban J connectivity index is 1.92. The molecule has 2 N–H and O–H groups in total. The van der Waals surface area contributed by atoms with Crippen LogP contribution >= 0.6 is 11.8 Å². The minimum atomic E-state index is -0.685. The average Bonchev–Trinajstić information content (AvgIpc) is 2.40. The first kappa shape index (κ1) is 15.1. The topological polar surface area (TPSA) is 58.6 Å². The molecule has 2 aliphatic rings. The summed E-state index contributed by atoms with van der Waals surface area (Å²) >= 11 is 2.00. The summed E-state index contributed by atoms with van der Waals surface area (Å²) < 4.78 is 5.39. The maximum Gasteiger partial charge on any atom is 0.323 e. The lowest BCUT2D eigenvalue weighted by Gasteiger charge is -2.39. The van der Waals surface area contributed by atoms with Crippen LogP contribution in [0.3, 0.4) is 0 Å². The average molecular weight is 287 g/mol. The van der Waals surface area contributed by atoms with Gasteiger partial charge in [0.25, 0.3) is 0 Å². The molecule has 5 heteroatoms. The third-order valence-electron chi connectivity index (χ3n) is 4.18. The molecule has 2 atom stereocenters. The molecule has 0 aromatic heterocycles. The second-order valence-electron chi connectivity index (χ2n) is 5.58. The van der Waals surface area contributed by atoms with Gasteiger partial charge >= 0.3 is 5.97 Å². The van der Waals surface area contributed by atoms with Crippen LogP contribution in [0.5, 0.6) is 0 Å². The van der Waals surface area contributed by atoms with E-state index >= 15 is 0 Å². The van der Waals surface area contributed by atoms with Gasteiger partial charge in [-0.2, -0.15) is 11.8 Å². The molecule has 0 radical (unpaired) electrons. The zero-order valence-corrected chi connectivity index (χ0v) is 12.5. The molecule has 110 valence electrons. The van der Waals surface area contributed by atoms with E-state index in [1.807, 2.05) is 18.7 Å². The highest BCUT2D eigenvalue weighted by Crippen LogP contribution is 2.39. The van der Waals surface area contributed by atoms with Crippen LogP contribution < -0.4 is 5.32 Å². The summed E-state index contributed by atoms with van der Waals surface area (Å²) in [6, 6.07) is 0. The van der Waals surface area contributed by atoms with Gasteiger partial charge in [-0.1, -0.05) is 6.92 Å². The second kappa shape index (κ2) is 6.95. The Morgan fingerprint density at radius 2 is 2.11 bits per heavy atom. The van der Waals surface area contributed by atoms with E-state index in [0.717, 1.165) is 58.3 Å². The minimum Gasteiger partial charge on any atom is -0.480 e. The van der Waals surface area contributed by atoms with Gasteiger partial charge in [0.2, 0.25) is 0 Å². The molecule has 0 aromatic carbocycles. The number of rotatable bonds is 5. The number of carboxylic acid groups (broad SMARTS) is 1. The predicted octanol–water partition coefficient (Wildman–Crippen LogP) is 2.27. The van der Waals surface area contributed by atoms with Crippen molar-refractivity contribution in [3.8, 4) is 0 Å². The molecule has 0 spiro atoms. The van der Waals surface area contributed by atoms with E-state index in [0.29, 0.717) is 10.5 Å². The van der Waals surface area contributed by atoms with Gasteiger partial charge in [0.15, 0.2) is 0 Å². The van der Waals surface area contributed by atoms with Gasteiger partial charge in [-0.3, -0.25) is 4.79 Å². The molecule has 4 nitrogen and oxygen atoms in total. The van der Waals surface area contributed by atoms with E-state index in [9.17, 15) is 9.90 Å². The van der Waals surface area contributed by atoms with E-state index in [1.165, 1.54) is 0 Å². The first-order valence-electron chi connectivity index (χ1n) is 7.38. The molecule has 19 heavy (non-hydrogen) atoms. The number of carbonyl (C=O) groups is 1. The van der Waals surface area contributed by atoms with Crippen LogP contribution in [0.4, 0.5) is 0 Å². The monoisotopic (exact) mass is 287 g/mol. The smallest absolute Gasteiger partial charge is 0.323 e. The highest BCUT2D eigenvalue weighted by atomic mass is 32.2. The molecule has 0 amide bonds. The van der Waals surface area contributed by atoms with Gasteiger partial charge in [-0.15, -0.1) is 0 Å². The van der Waals surface area contributed by atoms with Crippen molar-refractivity contribution in [2.45, 2.75) is 61.5 Å². The Hall–Kier alpha value is -0.260. The SMILES string of the molecule is CCNC1(C(=O)O)CCCC(SC2CCOCC2)C1. The van der Waals surface area contributed by atoms with Crippen molar-refractivity contribution in [3.63, 3.8) is 0 Å². The Morgan fingerprint density at radius 1 is 1.37 bits per heavy atom. The predicted molar refractivity (Wildman–Crippen MR) is 77.7 cm³/mol. The summed E-state index contributed by atoms with van der Waals surface area (Å²) in [6.45, 7) is 4.43. The molecule has 0 bridgehead atoms. The van der Waals surface area contributed by atoms with Crippen LogP contribution in [0.1, 0.15) is 45.4 Å². The number of likely N-dealkylation sites (N-methyl/N-ethyl adjacent to an activating group) is 1. The molecule has 2 rings (SSSR count). The van der Waals surface area contributed by atoms with Gasteiger partial charge < -0.3 is 15.2 Å². The first-order valence-corrected chi connectivity index (χ1v) is 8.32. The Morgan fingerprint density at radius 3 is 2.74 bits per heavy atom. The summed E-state index contributed by atoms with van der Waals surface area (Å²) in [5.74, 6) is -0.674. The summed E-state index contributed by atoms with van der Waals surface area (Å²) in [5.41, 5.74) is -0.685. The maximum absolute atomic E-state index is 11.6. The number of hydrogen-bond donors (Lipinski definition) is 2. The highest BCUT2D eigenvalue weighted by Gasteiger charge is 2.42. The minimum absolute atomic E-state index is 0.479. The second-order valence-corrected chi connectivity index (χ2v) is 7.19. The lowest BCUT2D eigenvalue weighted by Crippen LogP contribution is -2.55. The Kier molecular flexibility index (Phi) is 5.54. The lowest BCUT2D eigenvalue weighted by molar-refractivity contribution is -0.146. The number of thioether (sulfide) groups is 1. The fourth-order valence-corrected chi connectivity index (χ4v) is 4.89. The van der Waals surface area contributed by atoms with E-state index < -0.39 is 11.5 Å². The number of carboxylic acids is 1. The van der Waals surface area contributed by atoms with Crippen molar-refractivity contribution in [1.29, 1.82) is 0 Å². The van der Waals surface area contributed by atoms with Gasteiger partial charge in [0.05, 0.1) is 0 Å². The van der Waals surface area contributed by atoms with Crippen LogP contribution in [-0.2, 0) is 9.53 Å². The standard InChI is InChI=1S/C14H25NO3S/c1-2-15-14(13(16)17)7-3-4-12(10-14)19-11-5-8-18-9-6-11/h11-12,15H,2-10H2,1H3,(H,16,17). The van der Waals surface area contributed by atoms with Crippen molar-refractivity contribution in [2.24, 2.45) is 0 Å². The third-order valence-corrected chi connectivity index (χ3v) is 5.83. The highest BCUT2D eigenvalue weighted by molar-refractivity contribution is 8.00. The number of nitrogens with one attached hydrogen (secondary N) is 1. The first-order chi connectivity index (χ1) is 9.16. The van der Waals surface area contributed by atoms with Crippen LogP contribution in [0, 0.1) is 0 Å². The number of hydrogen-bond acceptors (Lipinski definition) is 4. The zero-order valence-electron chi connectivity index (χ0n) is 11.7. The van der Waals surface area contributed by atoms with E-state index in [-0.39, 0.29) is 0 Å². The Labute approximate surface area is 119 Å². The summed E-state index contributed by atoms with van der Waals surface area (Å²) in [4.78, 5) is 11.6. The molecule has 1 heterocycles. The van der Waals surface area contributed by atoms with E-state index in [4.69, 9.17) is 4.74 Å². The lowest BCUT2D eigenvalue weighted by atomic mass is 9.81. The van der Waals surface area contributed by atoms with Gasteiger partial charge in [0.1, 0.15) is 5.54 Å². The van der Waals surface area contributed by atoms with Crippen LogP contribution in [0.15, 0.2) is 0 Å². The van der Waals surface area contributed by atoms with Gasteiger partial charge in [-0.25, -0.2) is 0 Å². The third kappa shape index (κ3) is 3.86. The van der Waals surface area contributed by atoms with E-state index in [2.05, 4.69) is 5.32 Å². The fraction of sp³-hybridized carbons (Fsp3) is 0.929. The largest absolute Gasteiger partial charge is 0.480 e. The summed E-state index contributed by atoms with van der Waals surface area (Å²) in [5, 5.41) is 13.9. The summed E-state index contributed by atoms with van der Waals surface area (Å²) in [7, 11) is 0. The van der Waals surface area contributed by atoms with Crippen LogP contribution in [0.2, 0.25) is 0 Å². The van der Waals surface area contributed by atoms with Crippen LogP contribution in [-0.4, -0.2) is 46.9 Å². The van der Waals surface area contributed by atoms with Crippen molar-refractivity contribution >= 4 is 17.7 Å². The quantitative estimate of drug-likeness (QED) is 0.812. The molecule has 1 saturated carbocycles. The molecule has 1 aliphatic carbocycles. The van der Waals surface area contributed by atoms with Gasteiger partial charge in [-0.05, 0) is 45.1 Å². The van der Waals surface area contributed by atoms with Crippen molar-refractivity contribution < 1.29 is 14.6 Å². The number of aliphatic carboxylic acids is 1. The molecular formula is C14H25NO3S. The fourth-order valence-electron chi connectivity index (χ4n) is 3.19.